The maximum Gasteiger partial charge on any atom is 0.338 e. The Labute approximate surface area is 148 Å². The summed E-state index contributed by atoms with van der Waals surface area (Å²) in [5.74, 6) is -0.700. The van der Waals surface area contributed by atoms with Crippen molar-refractivity contribution in [3.63, 3.8) is 0 Å². The molecule has 2 rings (SSSR count). The van der Waals surface area contributed by atoms with Crippen LogP contribution in [0.4, 0.5) is 11.4 Å². The van der Waals surface area contributed by atoms with E-state index in [1.807, 2.05) is 0 Å². The summed E-state index contributed by atoms with van der Waals surface area (Å²) < 4.78 is 15.0. The molecular formula is C17H16N2O7. The van der Waals surface area contributed by atoms with Gasteiger partial charge >= 0.3 is 5.97 Å². The van der Waals surface area contributed by atoms with Crippen molar-refractivity contribution < 1.29 is 28.7 Å². The second kappa shape index (κ2) is 8.47. The van der Waals surface area contributed by atoms with Gasteiger partial charge in [0.15, 0.2) is 6.61 Å². The lowest BCUT2D eigenvalue weighted by Crippen LogP contribution is -2.21. The number of hydrogen-bond acceptors (Lipinski definition) is 7. The smallest absolute Gasteiger partial charge is 0.338 e. The standard InChI is InChI=1S/C17H16N2O7/c1-24-13-5-3-4-11(8-13)17(21)26-10-16(20)18-14-7-6-12(19(22)23)9-15(14)25-2/h3-9H,10H2,1-2H3,(H,18,20). The number of carbonyl (C=O) groups excluding carboxylic acids is 2. The molecule has 2 aromatic rings. The molecule has 0 radical (unpaired) electrons. The highest BCUT2D eigenvalue weighted by Gasteiger charge is 2.15. The zero-order valence-corrected chi connectivity index (χ0v) is 14.1. The van der Waals surface area contributed by atoms with E-state index in [2.05, 4.69) is 5.32 Å². The molecule has 0 aliphatic heterocycles. The fourth-order valence-corrected chi connectivity index (χ4v) is 2.05. The van der Waals surface area contributed by atoms with Crippen LogP contribution >= 0.6 is 0 Å². The summed E-state index contributed by atoms with van der Waals surface area (Å²) in [6.45, 7) is -0.532. The molecule has 9 nitrogen and oxygen atoms in total. The maximum atomic E-state index is 12.0. The lowest BCUT2D eigenvalue weighted by molar-refractivity contribution is -0.384. The van der Waals surface area contributed by atoms with Crippen LogP contribution in [0.25, 0.3) is 0 Å². The van der Waals surface area contributed by atoms with Crippen LogP contribution in [0.2, 0.25) is 0 Å². The highest BCUT2D eigenvalue weighted by atomic mass is 16.6. The van der Waals surface area contributed by atoms with Gasteiger partial charge < -0.3 is 19.5 Å². The summed E-state index contributed by atoms with van der Waals surface area (Å²) in [7, 11) is 2.78. The minimum absolute atomic E-state index is 0.117. The Kier molecular flexibility index (Phi) is 6.10. The normalized spacial score (nSPS) is 9.92. The van der Waals surface area contributed by atoms with Crippen LogP contribution in [0, 0.1) is 10.1 Å². The number of benzene rings is 2. The Bertz CT molecular complexity index is 836. The summed E-state index contributed by atoms with van der Waals surface area (Å²) in [6, 6.07) is 10.0. The maximum absolute atomic E-state index is 12.0. The molecule has 136 valence electrons. The van der Waals surface area contributed by atoms with Gasteiger partial charge in [-0.05, 0) is 24.3 Å². The molecule has 0 aromatic heterocycles. The highest BCUT2D eigenvalue weighted by Crippen LogP contribution is 2.28. The molecule has 26 heavy (non-hydrogen) atoms. The number of nitro groups is 1. The molecule has 1 amide bonds. The molecule has 0 heterocycles. The number of methoxy groups -OCH3 is 2. The molecule has 2 aromatic carbocycles. The summed E-state index contributed by atoms with van der Waals surface area (Å²) >= 11 is 0. The summed E-state index contributed by atoms with van der Waals surface area (Å²) in [4.78, 5) is 34.1. The van der Waals surface area contributed by atoms with E-state index >= 15 is 0 Å². The van der Waals surface area contributed by atoms with E-state index in [0.717, 1.165) is 0 Å². The van der Waals surface area contributed by atoms with Gasteiger partial charge in [-0.1, -0.05) is 6.07 Å². The molecule has 0 bridgehead atoms. The van der Waals surface area contributed by atoms with Crippen molar-refractivity contribution in [2.45, 2.75) is 0 Å². The van der Waals surface area contributed by atoms with Gasteiger partial charge in [-0.2, -0.15) is 0 Å². The Morgan fingerprint density at radius 1 is 1.12 bits per heavy atom. The number of esters is 1. The van der Waals surface area contributed by atoms with Crippen LogP contribution in [-0.2, 0) is 9.53 Å². The average molecular weight is 360 g/mol. The van der Waals surface area contributed by atoms with Gasteiger partial charge in [-0.3, -0.25) is 14.9 Å². The lowest BCUT2D eigenvalue weighted by atomic mass is 10.2. The molecule has 0 aliphatic rings. The fourth-order valence-electron chi connectivity index (χ4n) is 2.05. The van der Waals surface area contributed by atoms with Gasteiger partial charge in [-0.25, -0.2) is 4.79 Å². The second-order valence-electron chi connectivity index (χ2n) is 5.00. The van der Waals surface area contributed by atoms with E-state index in [1.54, 1.807) is 12.1 Å². The van der Waals surface area contributed by atoms with Gasteiger partial charge in [0.25, 0.3) is 11.6 Å². The molecule has 0 saturated carbocycles. The van der Waals surface area contributed by atoms with Gasteiger partial charge in [0.1, 0.15) is 11.5 Å². The van der Waals surface area contributed by atoms with Crippen LogP contribution in [0.15, 0.2) is 42.5 Å². The first-order valence-corrected chi connectivity index (χ1v) is 7.38. The van der Waals surface area contributed by atoms with Crippen molar-refractivity contribution in [3.05, 3.63) is 58.1 Å². The number of rotatable bonds is 7. The topological polar surface area (TPSA) is 117 Å². The summed E-state index contributed by atoms with van der Waals surface area (Å²) in [5, 5.41) is 13.2. The summed E-state index contributed by atoms with van der Waals surface area (Å²) in [6.07, 6.45) is 0. The van der Waals surface area contributed by atoms with E-state index in [0.29, 0.717) is 5.75 Å². The molecule has 0 atom stereocenters. The fraction of sp³-hybridized carbons (Fsp3) is 0.176. The van der Waals surface area contributed by atoms with Crippen molar-refractivity contribution in [2.24, 2.45) is 0 Å². The van der Waals surface area contributed by atoms with Crippen LogP contribution in [0.3, 0.4) is 0 Å². The Hall–Kier alpha value is -3.62. The first-order chi connectivity index (χ1) is 12.4. The third-order valence-electron chi connectivity index (χ3n) is 3.31. The van der Waals surface area contributed by atoms with Crippen molar-refractivity contribution in [1.82, 2.24) is 0 Å². The van der Waals surface area contributed by atoms with Gasteiger partial charge in [0.2, 0.25) is 0 Å². The molecule has 9 heteroatoms. The molecule has 0 spiro atoms. The van der Waals surface area contributed by atoms with Crippen molar-refractivity contribution in [1.29, 1.82) is 0 Å². The quantitative estimate of drug-likeness (QED) is 0.458. The summed E-state index contributed by atoms with van der Waals surface area (Å²) in [5.41, 5.74) is 0.287. The van der Waals surface area contributed by atoms with E-state index in [4.69, 9.17) is 14.2 Å². The third kappa shape index (κ3) is 4.69. The average Bonchev–Trinajstić information content (AvgIpc) is 2.66. The first-order valence-electron chi connectivity index (χ1n) is 7.38. The molecule has 0 aliphatic carbocycles. The van der Waals surface area contributed by atoms with E-state index in [1.165, 1.54) is 44.6 Å². The van der Waals surface area contributed by atoms with Crippen LogP contribution in [-0.4, -0.2) is 37.6 Å². The van der Waals surface area contributed by atoms with E-state index in [9.17, 15) is 19.7 Å². The van der Waals surface area contributed by atoms with Crippen LogP contribution in [0.1, 0.15) is 10.4 Å². The predicted molar refractivity (Wildman–Crippen MR) is 91.6 cm³/mol. The van der Waals surface area contributed by atoms with E-state index < -0.39 is 23.4 Å². The number of nitrogens with zero attached hydrogens (tertiary/aromatic N) is 1. The van der Waals surface area contributed by atoms with E-state index in [-0.39, 0.29) is 22.7 Å². The Balaban J connectivity index is 1.98. The van der Waals surface area contributed by atoms with Crippen molar-refractivity contribution in [2.75, 3.05) is 26.1 Å². The third-order valence-corrected chi connectivity index (χ3v) is 3.31. The van der Waals surface area contributed by atoms with Crippen LogP contribution in [0.5, 0.6) is 11.5 Å². The number of non-ortho nitro benzene ring substituents is 1. The number of nitro benzene ring substituents is 1. The Morgan fingerprint density at radius 2 is 1.88 bits per heavy atom. The van der Waals surface area contributed by atoms with Gasteiger partial charge in [-0.15, -0.1) is 0 Å². The molecule has 0 fully saturated rings. The largest absolute Gasteiger partial charge is 0.497 e. The zero-order valence-electron chi connectivity index (χ0n) is 14.1. The number of anilines is 1. The predicted octanol–water partition coefficient (Wildman–Crippen LogP) is 2.41. The zero-order chi connectivity index (χ0) is 19.1. The van der Waals surface area contributed by atoms with Crippen LogP contribution < -0.4 is 14.8 Å². The monoisotopic (exact) mass is 360 g/mol. The molecule has 0 unspecified atom stereocenters. The second-order valence-corrected chi connectivity index (χ2v) is 5.00. The molecule has 1 N–H and O–H groups in total. The Morgan fingerprint density at radius 3 is 2.54 bits per heavy atom. The van der Waals surface area contributed by atoms with Crippen molar-refractivity contribution in [3.8, 4) is 11.5 Å². The minimum atomic E-state index is -0.685. The first kappa shape index (κ1) is 18.7. The highest BCUT2D eigenvalue weighted by molar-refractivity contribution is 5.96. The number of ether oxygens (including phenoxy) is 3. The number of amides is 1. The minimum Gasteiger partial charge on any atom is -0.497 e. The SMILES string of the molecule is COc1cccc(C(=O)OCC(=O)Nc2ccc([N+](=O)[O-])cc2OC)c1. The number of hydrogen-bond donors (Lipinski definition) is 1. The van der Waals surface area contributed by atoms with Gasteiger partial charge in [0, 0.05) is 6.07 Å². The molecule has 0 saturated heterocycles. The number of carbonyl (C=O) groups is 2. The van der Waals surface area contributed by atoms with Crippen molar-refractivity contribution >= 4 is 23.3 Å². The lowest BCUT2D eigenvalue weighted by Gasteiger charge is -2.10. The number of nitrogens with one attached hydrogen (secondary N) is 1. The molecular weight excluding hydrogens is 344 g/mol. The van der Waals surface area contributed by atoms with Gasteiger partial charge in [0.05, 0.1) is 36.5 Å².